The van der Waals surface area contributed by atoms with E-state index in [-0.39, 0.29) is 17.0 Å². The molecule has 1 aromatic heterocycles. The fourth-order valence-electron chi connectivity index (χ4n) is 2.67. The van der Waals surface area contributed by atoms with Gasteiger partial charge in [-0.05, 0) is 24.6 Å². The Hall–Kier alpha value is -2.41. The van der Waals surface area contributed by atoms with E-state index in [1.54, 1.807) is 19.1 Å². The van der Waals surface area contributed by atoms with Gasteiger partial charge < -0.3 is 0 Å². The molecule has 1 fully saturated rings. The molecule has 2 heterocycles. The molecule has 1 aliphatic rings. The van der Waals surface area contributed by atoms with Gasteiger partial charge in [0.25, 0.3) is 5.69 Å². The predicted octanol–water partition coefficient (Wildman–Crippen LogP) is 2.51. The SMILES string of the molecule is Cc1ccc(N2C(=O)CSC2c2ccc[n+](C)c2)c([N+](=O)[O-])c1. The molecular formula is C16H16N3O3S+. The van der Waals surface area contributed by atoms with E-state index in [9.17, 15) is 14.9 Å². The number of nitrogens with zero attached hydrogens (tertiary/aromatic N) is 3. The van der Waals surface area contributed by atoms with Crippen molar-refractivity contribution in [2.45, 2.75) is 12.3 Å². The normalized spacial score (nSPS) is 17.6. The van der Waals surface area contributed by atoms with Crippen LogP contribution in [0.4, 0.5) is 11.4 Å². The Morgan fingerprint density at radius 1 is 1.39 bits per heavy atom. The number of hydrogen-bond donors (Lipinski definition) is 0. The molecule has 0 radical (unpaired) electrons. The molecule has 1 amide bonds. The van der Waals surface area contributed by atoms with Crippen molar-refractivity contribution >= 4 is 29.0 Å². The number of anilines is 1. The highest BCUT2D eigenvalue weighted by Gasteiger charge is 2.38. The van der Waals surface area contributed by atoms with Crippen molar-refractivity contribution in [3.63, 3.8) is 0 Å². The maximum absolute atomic E-state index is 12.4. The molecule has 0 N–H and O–H groups in total. The number of carbonyl (C=O) groups excluding carboxylic acids is 1. The minimum absolute atomic E-state index is 0.0360. The van der Waals surface area contributed by atoms with Gasteiger partial charge in [0.05, 0.1) is 10.7 Å². The van der Waals surface area contributed by atoms with Gasteiger partial charge >= 0.3 is 0 Å². The summed E-state index contributed by atoms with van der Waals surface area (Å²) in [6, 6.07) is 8.80. The Morgan fingerprint density at radius 2 is 2.17 bits per heavy atom. The van der Waals surface area contributed by atoms with Crippen LogP contribution in [0.1, 0.15) is 16.5 Å². The second-order valence-corrected chi connectivity index (χ2v) is 6.55. The van der Waals surface area contributed by atoms with Crippen LogP contribution in [-0.2, 0) is 11.8 Å². The Labute approximate surface area is 137 Å². The monoisotopic (exact) mass is 330 g/mol. The van der Waals surface area contributed by atoms with Crippen LogP contribution in [0.15, 0.2) is 42.7 Å². The largest absolute Gasteiger partial charge is 0.293 e. The van der Waals surface area contributed by atoms with Crippen LogP contribution in [0.2, 0.25) is 0 Å². The number of aromatic nitrogens is 1. The highest BCUT2D eigenvalue weighted by atomic mass is 32.2. The lowest BCUT2D eigenvalue weighted by molar-refractivity contribution is -0.671. The lowest BCUT2D eigenvalue weighted by Gasteiger charge is -2.23. The van der Waals surface area contributed by atoms with E-state index in [1.807, 2.05) is 36.1 Å². The Kier molecular flexibility index (Phi) is 4.04. The molecule has 0 saturated carbocycles. The summed E-state index contributed by atoms with van der Waals surface area (Å²) in [5.41, 5.74) is 2.06. The first-order valence-electron chi connectivity index (χ1n) is 7.11. The molecule has 0 bridgehead atoms. The Bertz CT molecular complexity index is 794. The standard InChI is InChI=1S/C16H16N3O3S/c1-11-5-6-13(14(8-11)19(21)22)18-15(20)10-23-16(18)12-4-3-7-17(2)9-12/h3-9,16H,10H2,1-2H3/q+1. The van der Waals surface area contributed by atoms with E-state index in [1.165, 1.54) is 22.7 Å². The Morgan fingerprint density at radius 3 is 2.87 bits per heavy atom. The smallest absolute Gasteiger partial charge is 0.289 e. The van der Waals surface area contributed by atoms with E-state index in [2.05, 4.69) is 0 Å². The molecule has 1 unspecified atom stereocenters. The average molecular weight is 330 g/mol. The number of benzene rings is 1. The number of aryl methyl sites for hydroxylation is 2. The number of amides is 1. The number of pyridine rings is 1. The molecular weight excluding hydrogens is 314 g/mol. The van der Waals surface area contributed by atoms with E-state index < -0.39 is 4.92 Å². The van der Waals surface area contributed by atoms with Crippen LogP contribution < -0.4 is 9.47 Å². The summed E-state index contributed by atoms with van der Waals surface area (Å²) in [6.07, 6.45) is 3.84. The third kappa shape index (κ3) is 2.92. The summed E-state index contributed by atoms with van der Waals surface area (Å²) in [4.78, 5) is 24.9. The van der Waals surface area contributed by atoms with E-state index in [0.29, 0.717) is 11.4 Å². The maximum atomic E-state index is 12.4. The van der Waals surface area contributed by atoms with Crippen molar-refractivity contribution in [3.8, 4) is 0 Å². The van der Waals surface area contributed by atoms with Gasteiger partial charge in [-0.2, -0.15) is 0 Å². The van der Waals surface area contributed by atoms with Crippen LogP contribution in [0.5, 0.6) is 0 Å². The zero-order valence-electron chi connectivity index (χ0n) is 12.8. The first-order chi connectivity index (χ1) is 11.0. The van der Waals surface area contributed by atoms with Crippen LogP contribution in [-0.4, -0.2) is 16.6 Å². The molecule has 1 aliphatic heterocycles. The zero-order chi connectivity index (χ0) is 16.6. The molecule has 2 aromatic rings. The summed E-state index contributed by atoms with van der Waals surface area (Å²) in [5, 5.41) is 11.1. The number of nitro groups is 1. The summed E-state index contributed by atoms with van der Waals surface area (Å²) in [7, 11) is 1.91. The van der Waals surface area contributed by atoms with Crippen LogP contribution >= 0.6 is 11.8 Å². The van der Waals surface area contributed by atoms with Crippen molar-refractivity contribution in [2.24, 2.45) is 7.05 Å². The van der Waals surface area contributed by atoms with E-state index in [0.717, 1.165) is 11.1 Å². The van der Waals surface area contributed by atoms with E-state index >= 15 is 0 Å². The number of thioether (sulfide) groups is 1. The fraction of sp³-hybridized carbons (Fsp3) is 0.250. The van der Waals surface area contributed by atoms with Crippen molar-refractivity contribution < 1.29 is 14.3 Å². The number of rotatable bonds is 3. The lowest BCUT2D eigenvalue weighted by atomic mass is 10.1. The molecule has 0 spiro atoms. The van der Waals surface area contributed by atoms with Gasteiger partial charge in [0.1, 0.15) is 18.1 Å². The summed E-state index contributed by atoms with van der Waals surface area (Å²) >= 11 is 1.48. The first-order valence-corrected chi connectivity index (χ1v) is 8.16. The molecule has 1 atom stereocenters. The van der Waals surface area contributed by atoms with Gasteiger partial charge in [-0.1, -0.05) is 6.07 Å². The van der Waals surface area contributed by atoms with Gasteiger partial charge in [0.2, 0.25) is 5.91 Å². The van der Waals surface area contributed by atoms with Gasteiger partial charge in [-0.25, -0.2) is 4.57 Å². The molecule has 1 aromatic carbocycles. The minimum atomic E-state index is -0.430. The van der Waals surface area contributed by atoms with Gasteiger partial charge in [0.15, 0.2) is 12.4 Å². The van der Waals surface area contributed by atoms with Crippen molar-refractivity contribution in [1.82, 2.24) is 0 Å². The van der Waals surface area contributed by atoms with Crippen LogP contribution in [0.3, 0.4) is 0 Å². The summed E-state index contributed by atoms with van der Waals surface area (Å²) < 4.78 is 1.90. The van der Waals surface area contributed by atoms with Gasteiger partial charge in [-0.15, -0.1) is 11.8 Å². The molecule has 23 heavy (non-hydrogen) atoms. The second-order valence-electron chi connectivity index (χ2n) is 5.48. The molecule has 7 heteroatoms. The molecule has 3 rings (SSSR count). The molecule has 1 saturated heterocycles. The van der Waals surface area contributed by atoms with Gasteiger partial charge in [-0.3, -0.25) is 19.8 Å². The van der Waals surface area contributed by atoms with Gasteiger partial charge in [0, 0.05) is 17.7 Å². The predicted molar refractivity (Wildman–Crippen MR) is 88.1 cm³/mol. The topological polar surface area (TPSA) is 67.3 Å². The van der Waals surface area contributed by atoms with Crippen molar-refractivity contribution in [2.75, 3.05) is 10.7 Å². The third-order valence-corrected chi connectivity index (χ3v) is 4.92. The lowest BCUT2D eigenvalue weighted by Crippen LogP contribution is -2.32. The molecule has 118 valence electrons. The van der Waals surface area contributed by atoms with E-state index in [4.69, 9.17) is 0 Å². The summed E-state index contributed by atoms with van der Waals surface area (Å²) in [6.45, 7) is 1.80. The van der Waals surface area contributed by atoms with Crippen molar-refractivity contribution in [1.29, 1.82) is 0 Å². The minimum Gasteiger partial charge on any atom is -0.289 e. The zero-order valence-corrected chi connectivity index (χ0v) is 13.6. The first kappa shape index (κ1) is 15.5. The molecule has 6 nitrogen and oxygen atoms in total. The van der Waals surface area contributed by atoms with Crippen LogP contribution in [0, 0.1) is 17.0 Å². The highest BCUT2D eigenvalue weighted by molar-refractivity contribution is 8.00. The summed E-state index contributed by atoms with van der Waals surface area (Å²) in [5.74, 6) is 0.201. The maximum Gasteiger partial charge on any atom is 0.293 e. The third-order valence-electron chi connectivity index (χ3n) is 3.70. The average Bonchev–Trinajstić information content (AvgIpc) is 2.89. The number of carbonyl (C=O) groups is 1. The quantitative estimate of drug-likeness (QED) is 0.493. The second kappa shape index (κ2) is 6.00. The highest BCUT2D eigenvalue weighted by Crippen LogP contribution is 2.44. The Balaban J connectivity index is 2.09. The number of hydrogen-bond acceptors (Lipinski definition) is 4. The fourth-order valence-corrected chi connectivity index (χ4v) is 3.82. The van der Waals surface area contributed by atoms with Crippen molar-refractivity contribution in [3.05, 3.63) is 64.0 Å². The number of nitro benzene ring substituents is 1. The molecule has 0 aliphatic carbocycles. The van der Waals surface area contributed by atoms with Crippen LogP contribution in [0.25, 0.3) is 0 Å².